The summed E-state index contributed by atoms with van der Waals surface area (Å²) in [5.74, 6) is -0.297. The number of fused-ring (bicyclic) bond motifs is 1. The summed E-state index contributed by atoms with van der Waals surface area (Å²) in [6.07, 6.45) is 1.93. The summed E-state index contributed by atoms with van der Waals surface area (Å²) in [4.78, 5) is 11.4. The lowest BCUT2D eigenvalue weighted by Gasteiger charge is -2.05. The smallest absolute Gasteiger partial charge is 0.339 e. The Labute approximate surface area is 81.9 Å². The Hall–Kier alpha value is -1.77. The molecule has 0 aliphatic heterocycles. The Morgan fingerprint density at radius 1 is 1.36 bits per heavy atom. The van der Waals surface area contributed by atoms with E-state index in [-0.39, 0.29) is 5.97 Å². The molecule has 0 radical (unpaired) electrons. The van der Waals surface area contributed by atoms with Crippen molar-refractivity contribution < 1.29 is 9.53 Å². The van der Waals surface area contributed by atoms with Crippen molar-refractivity contribution in [1.29, 1.82) is 0 Å². The second kappa shape index (κ2) is 3.18. The molecule has 0 saturated heterocycles. The van der Waals surface area contributed by atoms with Crippen molar-refractivity contribution in [3.63, 3.8) is 0 Å². The van der Waals surface area contributed by atoms with E-state index in [0.717, 1.165) is 11.2 Å². The van der Waals surface area contributed by atoms with Crippen molar-refractivity contribution in [3.8, 4) is 0 Å². The molecule has 2 aromatic rings. The molecule has 2 rings (SSSR count). The largest absolute Gasteiger partial charge is 0.465 e. The Kier molecular flexibility index (Phi) is 2.00. The number of carbonyl (C=O) groups is 1. The van der Waals surface area contributed by atoms with Crippen LogP contribution in [-0.2, 0) is 4.74 Å². The first kappa shape index (κ1) is 8.81. The second-order valence-electron chi connectivity index (χ2n) is 3.14. The SMILES string of the molecule is COC(=O)c1ccc(C)n2cccc12. The summed E-state index contributed by atoms with van der Waals surface area (Å²) in [6, 6.07) is 7.50. The normalized spacial score (nSPS) is 10.4. The third-order valence-electron chi connectivity index (χ3n) is 2.30. The van der Waals surface area contributed by atoms with E-state index in [1.165, 1.54) is 7.11 Å². The van der Waals surface area contributed by atoms with Crippen LogP contribution in [0, 0.1) is 6.92 Å². The maximum atomic E-state index is 11.4. The van der Waals surface area contributed by atoms with Gasteiger partial charge in [0, 0.05) is 11.9 Å². The lowest BCUT2D eigenvalue weighted by molar-refractivity contribution is 0.0602. The van der Waals surface area contributed by atoms with E-state index < -0.39 is 0 Å². The molecule has 0 aromatic carbocycles. The van der Waals surface area contributed by atoms with Crippen LogP contribution in [-0.4, -0.2) is 17.5 Å². The number of aromatic nitrogens is 1. The highest BCUT2D eigenvalue weighted by atomic mass is 16.5. The highest BCUT2D eigenvalue weighted by molar-refractivity contribution is 5.97. The van der Waals surface area contributed by atoms with Crippen LogP contribution in [0.15, 0.2) is 30.5 Å². The summed E-state index contributed by atoms with van der Waals surface area (Å²) in [5, 5.41) is 0. The molecule has 0 unspecified atom stereocenters. The topological polar surface area (TPSA) is 30.7 Å². The molecular formula is C11H11NO2. The third-order valence-corrected chi connectivity index (χ3v) is 2.30. The highest BCUT2D eigenvalue weighted by Crippen LogP contribution is 2.15. The first-order chi connectivity index (χ1) is 6.74. The van der Waals surface area contributed by atoms with E-state index in [4.69, 9.17) is 4.74 Å². The molecule has 0 atom stereocenters. The van der Waals surface area contributed by atoms with Gasteiger partial charge in [0.05, 0.1) is 18.2 Å². The van der Waals surface area contributed by atoms with Gasteiger partial charge in [-0.25, -0.2) is 4.79 Å². The maximum absolute atomic E-state index is 11.4. The zero-order valence-corrected chi connectivity index (χ0v) is 8.15. The van der Waals surface area contributed by atoms with Crippen molar-refractivity contribution in [3.05, 3.63) is 41.7 Å². The van der Waals surface area contributed by atoms with E-state index in [1.54, 1.807) is 6.07 Å². The number of nitrogens with zero attached hydrogens (tertiary/aromatic N) is 1. The predicted molar refractivity (Wildman–Crippen MR) is 53.5 cm³/mol. The fraction of sp³-hybridized carbons (Fsp3) is 0.182. The Morgan fingerprint density at radius 3 is 2.86 bits per heavy atom. The van der Waals surface area contributed by atoms with Crippen LogP contribution in [0.5, 0.6) is 0 Å². The summed E-state index contributed by atoms with van der Waals surface area (Å²) in [5.41, 5.74) is 2.58. The van der Waals surface area contributed by atoms with Gasteiger partial charge in [-0.3, -0.25) is 0 Å². The first-order valence-corrected chi connectivity index (χ1v) is 4.39. The molecule has 72 valence electrons. The van der Waals surface area contributed by atoms with Gasteiger partial charge in [0.1, 0.15) is 0 Å². The zero-order valence-electron chi connectivity index (χ0n) is 8.15. The second-order valence-corrected chi connectivity index (χ2v) is 3.14. The van der Waals surface area contributed by atoms with E-state index in [0.29, 0.717) is 5.56 Å². The molecule has 14 heavy (non-hydrogen) atoms. The van der Waals surface area contributed by atoms with Crippen molar-refractivity contribution in [2.45, 2.75) is 6.92 Å². The van der Waals surface area contributed by atoms with Gasteiger partial charge in [-0.2, -0.15) is 0 Å². The Morgan fingerprint density at radius 2 is 2.14 bits per heavy atom. The van der Waals surface area contributed by atoms with Gasteiger partial charge in [0.2, 0.25) is 0 Å². The Bertz CT molecular complexity index is 485. The van der Waals surface area contributed by atoms with Gasteiger partial charge in [-0.05, 0) is 31.2 Å². The molecule has 0 aliphatic rings. The average Bonchev–Trinajstić information content (AvgIpc) is 2.67. The maximum Gasteiger partial charge on any atom is 0.339 e. The molecule has 0 fully saturated rings. The number of aryl methyl sites for hydroxylation is 1. The molecule has 2 heterocycles. The van der Waals surface area contributed by atoms with Gasteiger partial charge in [-0.15, -0.1) is 0 Å². The Balaban J connectivity index is 2.72. The summed E-state index contributed by atoms with van der Waals surface area (Å²) in [6.45, 7) is 1.99. The summed E-state index contributed by atoms with van der Waals surface area (Å²) >= 11 is 0. The van der Waals surface area contributed by atoms with Crippen LogP contribution < -0.4 is 0 Å². The van der Waals surface area contributed by atoms with Crippen molar-refractivity contribution >= 4 is 11.5 Å². The number of esters is 1. The van der Waals surface area contributed by atoms with Crippen LogP contribution in [0.1, 0.15) is 16.1 Å². The average molecular weight is 189 g/mol. The predicted octanol–water partition coefficient (Wildman–Crippen LogP) is 2.03. The fourth-order valence-electron chi connectivity index (χ4n) is 1.56. The van der Waals surface area contributed by atoms with Crippen LogP contribution in [0.4, 0.5) is 0 Å². The molecule has 0 spiro atoms. The number of ether oxygens (including phenoxy) is 1. The minimum Gasteiger partial charge on any atom is -0.465 e. The summed E-state index contributed by atoms with van der Waals surface area (Å²) < 4.78 is 6.67. The highest BCUT2D eigenvalue weighted by Gasteiger charge is 2.10. The van der Waals surface area contributed by atoms with Crippen LogP contribution in [0.2, 0.25) is 0 Å². The lowest BCUT2D eigenvalue weighted by Crippen LogP contribution is -2.04. The van der Waals surface area contributed by atoms with Crippen molar-refractivity contribution in [2.24, 2.45) is 0 Å². The van der Waals surface area contributed by atoms with Gasteiger partial charge in [0.15, 0.2) is 0 Å². The van der Waals surface area contributed by atoms with Gasteiger partial charge < -0.3 is 9.14 Å². The monoisotopic (exact) mass is 189 g/mol. The third kappa shape index (κ3) is 1.18. The molecule has 0 amide bonds. The first-order valence-electron chi connectivity index (χ1n) is 4.39. The molecule has 0 bridgehead atoms. The van der Waals surface area contributed by atoms with E-state index in [1.807, 2.05) is 35.7 Å². The lowest BCUT2D eigenvalue weighted by atomic mass is 10.2. The van der Waals surface area contributed by atoms with Gasteiger partial charge in [-0.1, -0.05) is 0 Å². The van der Waals surface area contributed by atoms with E-state index in [9.17, 15) is 4.79 Å². The number of hydrogen-bond donors (Lipinski definition) is 0. The van der Waals surface area contributed by atoms with Crippen molar-refractivity contribution in [1.82, 2.24) is 4.40 Å². The van der Waals surface area contributed by atoms with E-state index in [2.05, 4.69) is 0 Å². The fourth-order valence-corrected chi connectivity index (χ4v) is 1.56. The standard InChI is InChI=1S/C11H11NO2/c1-8-5-6-9(11(13)14-2)10-4-3-7-12(8)10/h3-7H,1-2H3. The number of pyridine rings is 1. The molecule has 0 saturated carbocycles. The van der Waals surface area contributed by atoms with Crippen molar-refractivity contribution in [2.75, 3.05) is 7.11 Å². The molecule has 0 aliphatic carbocycles. The number of rotatable bonds is 1. The molecular weight excluding hydrogens is 178 g/mol. The number of carbonyl (C=O) groups excluding carboxylic acids is 1. The van der Waals surface area contributed by atoms with E-state index >= 15 is 0 Å². The minimum absolute atomic E-state index is 0.297. The van der Waals surface area contributed by atoms with Gasteiger partial charge in [0.25, 0.3) is 0 Å². The molecule has 3 nitrogen and oxygen atoms in total. The molecule has 3 heteroatoms. The molecule has 2 aromatic heterocycles. The number of hydrogen-bond acceptors (Lipinski definition) is 2. The summed E-state index contributed by atoms with van der Waals surface area (Å²) in [7, 11) is 1.39. The zero-order chi connectivity index (χ0) is 10.1. The quantitative estimate of drug-likeness (QED) is 0.643. The number of methoxy groups -OCH3 is 1. The van der Waals surface area contributed by atoms with Gasteiger partial charge >= 0.3 is 5.97 Å². The van der Waals surface area contributed by atoms with Crippen LogP contribution in [0.3, 0.4) is 0 Å². The van der Waals surface area contributed by atoms with Crippen LogP contribution >= 0.6 is 0 Å². The molecule has 0 N–H and O–H groups in total. The minimum atomic E-state index is -0.297. The van der Waals surface area contributed by atoms with Crippen LogP contribution in [0.25, 0.3) is 5.52 Å².